The maximum absolute atomic E-state index is 5.52. The van der Waals surface area contributed by atoms with Gasteiger partial charge in [0.1, 0.15) is 15.7 Å². The molecule has 4 aromatic rings. The van der Waals surface area contributed by atoms with Gasteiger partial charge in [0, 0.05) is 16.8 Å². The van der Waals surface area contributed by atoms with Crippen LogP contribution in [-0.2, 0) is 19.4 Å². The number of hydrogen-bond acceptors (Lipinski definition) is 7. The molecule has 1 aliphatic carbocycles. The number of hydrogen-bond donors (Lipinski definition) is 0. The standard InChI is InChI=1S/C19H17N5OS2/c1-3-9-24-16(13-7-5-10-25-13)22-23-19(24)27-18-15-12-6-4-8-14(12)26-17(15)20-11(2)21-18/h3,5,7,10H,1,4,6,8-9H2,2H3. The van der Waals surface area contributed by atoms with Gasteiger partial charge in [-0.1, -0.05) is 6.08 Å². The molecule has 0 radical (unpaired) electrons. The maximum atomic E-state index is 5.52. The fourth-order valence-corrected chi connectivity index (χ4v) is 5.87. The molecular formula is C19H17N5OS2. The average molecular weight is 396 g/mol. The van der Waals surface area contributed by atoms with Gasteiger partial charge in [-0.2, -0.15) is 0 Å². The van der Waals surface area contributed by atoms with E-state index < -0.39 is 0 Å². The Morgan fingerprint density at radius 3 is 3.07 bits per heavy atom. The van der Waals surface area contributed by atoms with Crippen molar-refractivity contribution in [1.82, 2.24) is 24.7 Å². The van der Waals surface area contributed by atoms with Crippen LogP contribution in [0.1, 0.15) is 22.7 Å². The number of rotatable bonds is 5. The highest BCUT2D eigenvalue weighted by Gasteiger charge is 2.24. The van der Waals surface area contributed by atoms with E-state index in [0.29, 0.717) is 18.1 Å². The van der Waals surface area contributed by atoms with E-state index in [1.807, 2.05) is 29.7 Å². The van der Waals surface area contributed by atoms with Crippen molar-refractivity contribution in [3.8, 4) is 11.6 Å². The van der Waals surface area contributed by atoms with E-state index in [9.17, 15) is 0 Å². The first-order valence-electron chi connectivity index (χ1n) is 8.79. The minimum Gasteiger partial charge on any atom is -0.461 e. The van der Waals surface area contributed by atoms with Crippen LogP contribution >= 0.6 is 23.1 Å². The Bertz CT molecular complexity index is 1140. The SMILES string of the molecule is C=CCn1c(Sc2nc(C)nc3sc4c(c23)CCC4)nnc1-c1ccco1. The summed E-state index contributed by atoms with van der Waals surface area (Å²) in [6, 6.07) is 3.73. The molecule has 0 amide bonds. The molecule has 27 heavy (non-hydrogen) atoms. The fourth-order valence-electron chi connectivity index (χ4n) is 3.47. The molecule has 5 rings (SSSR count). The summed E-state index contributed by atoms with van der Waals surface area (Å²) < 4.78 is 7.52. The largest absolute Gasteiger partial charge is 0.461 e. The summed E-state index contributed by atoms with van der Waals surface area (Å²) in [5.41, 5.74) is 1.42. The second kappa shape index (κ2) is 6.61. The fraction of sp³-hybridized carbons (Fsp3) is 0.263. The highest BCUT2D eigenvalue weighted by molar-refractivity contribution is 7.99. The van der Waals surface area contributed by atoms with E-state index in [-0.39, 0.29) is 0 Å². The zero-order valence-corrected chi connectivity index (χ0v) is 16.4. The minimum absolute atomic E-state index is 0.598. The van der Waals surface area contributed by atoms with Crippen LogP contribution in [0.25, 0.3) is 21.8 Å². The molecule has 0 aromatic carbocycles. The van der Waals surface area contributed by atoms with Gasteiger partial charge < -0.3 is 4.42 Å². The van der Waals surface area contributed by atoms with E-state index in [4.69, 9.17) is 9.40 Å². The van der Waals surface area contributed by atoms with E-state index in [1.54, 1.807) is 29.4 Å². The summed E-state index contributed by atoms with van der Waals surface area (Å²) in [6.07, 6.45) is 6.94. The quantitative estimate of drug-likeness (QED) is 0.361. The molecule has 8 heteroatoms. The lowest BCUT2D eigenvalue weighted by Gasteiger charge is -2.08. The van der Waals surface area contributed by atoms with E-state index in [1.165, 1.54) is 22.2 Å². The third kappa shape index (κ3) is 2.80. The van der Waals surface area contributed by atoms with Gasteiger partial charge in [-0.25, -0.2) is 9.97 Å². The van der Waals surface area contributed by atoms with Crippen molar-refractivity contribution in [1.29, 1.82) is 0 Å². The number of furan rings is 1. The Balaban J connectivity index is 1.63. The van der Waals surface area contributed by atoms with Crippen LogP contribution in [0.4, 0.5) is 0 Å². The summed E-state index contributed by atoms with van der Waals surface area (Å²) in [7, 11) is 0. The first kappa shape index (κ1) is 16.7. The molecule has 4 heterocycles. The van der Waals surface area contributed by atoms with Crippen LogP contribution in [0.2, 0.25) is 0 Å². The number of nitrogens with zero attached hydrogens (tertiary/aromatic N) is 5. The highest BCUT2D eigenvalue weighted by atomic mass is 32.2. The first-order valence-corrected chi connectivity index (χ1v) is 10.4. The van der Waals surface area contributed by atoms with Crippen molar-refractivity contribution in [2.24, 2.45) is 0 Å². The third-order valence-electron chi connectivity index (χ3n) is 4.60. The Kier molecular flexibility index (Phi) is 4.09. The molecule has 0 aliphatic heterocycles. The predicted octanol–water partition coefficient (Wildman–Crippen LogP) is 4.68. The van der Waals surface area contributed by atoms with E-state index >= 15 is 0 Å². The average Bonchev–Trinajstić information content (AvgIpc) is 3.38. The van der Waals surface area contributed by atoms with Gasteiger partial charge in [0.2, 0.25) is 5.82 Å². The monoisotopic (exact) mass is 395 g/mol. The number of aryl methyl sites for hydroxylation is 3. The van der Waals surface area contributed by atoms with Crippen molar-refractivity contribution < 1.29 is 4.42 Å². The molecule has 4 aromatic heterocycles. The van der Waals surface area contributed by atoms with Crippen LogP contribution in [0, 0.1) is 6.92 Å². The lowest BCUT2D eigenvalue weighted by molar-refractivity contribution is 0.569. The molecule has 0 saturated carbocycles. The topological polar surface area (TPSA) is 69.6 Å². The summed E-state index contributed by atoms with van der Waals surface area (Å²) in [5, 5.41) is 11.7. The summed E-state index contributed by atoms with van der Waals surface area (Å²) in [5.74, 6) is 2.17. The maximum Gasteiger partial charge on any atom is 0.200 e. The van der Waals surface area contributed by atoms with Gasteiger partial charge in [-0.15, -0.1) is 28.1 Å². The Labute approximate surface area is 164 Å². The molecular weight excluding hydrogens is 378 g/mol. The Hall–Kier alpha value is -2.45. The number of thiophene rings is 1. The Morgan fingerprint density at radius 1 is 1.33 bits per heavy atom. The third-order valence-corrected chi connectivity index (χ3v) is 6.76. The van der Waals surface area contributed by atoms with Crippen molar-refractivity contribution >= 4 is 33.3 Å². The van der Waals surface area contributed by atoms with Gasteiger partial charge in [0.15, 0.2) is 10.9 Å². The molecule has 0 spiro atoms. The van der Waals surface area contributed by atoms with Crippen LogP contribution < -0.4 is 0 Å². The van der Waals surface area contributed by atoms with Crippen molar-refractivity contribution in [2.45, 2.75) is 42.9 Å². The zero-order valence-electron chi connectivity index (χ0n) is 14.8. The molecule has 0 saturated heterocycles. The molecule has 1 aliphatic rings. The van der Waals surface area contributed by atoms with Gasteiger partial charge in [0.25, 0.3) is 0 Å². The molecule has 0 N–H and O–H groups in total. The van der Waals surface area contributed by atoms with Gasteiger partial charge >= 0.3 is 0 Å². The van der Waals surface area contributed by atoms with Crippen molar-refractivity contribution in [2.75, 3.05) is 0 Å². The normalized spacial score (nSPS) is 13.4. The summed E-state index contributed by atoms with van der Waals surface area (Å²) in [6.45, 7) is 6.41. The van der Waals surface area contributed by atoms with Gasteiger partial charge in [0.05, 0.1) is 6.26 Å². The van der Waals surface area contributed by atoms with E-state index in [2.05, 4.69) is 21.8 Å². The van der Waals surface area contributed by atoms with Crippen LogP contribution in [0.5, 0.6) is 0 Å². The second-order valence-electron chi connectivity index (χ2n) is 6.40. The highest BCUT2D eigenvalue weighted by Crippen LogP contribution is 2.42. The zero-order chi connectivity index (χ0) is 18.4. The van der Waals surface area contributed by atoms with E-state index in [0.717, 1.165) is 33.7 Å². The van der Waals surface area contributed by atoms with Crippen molar-refractivity contribution in [3.63, 3.8) is 0 Å². The van der Waals surface area contributed by atoms with Gasteiger partial charge in [-0.3, -0.25) is 4.57 Å². The lowest BCUT2D eigenvalue weighted by atomic mass is 10.2. The van der Waals surface area contributed by atoms with Crippen LogP contribution in [0.3, 0.4) is 0 Å². The smallest absolute Gasteiger partial charge is 0.200 e. The number of fused-ring (bicyclic) bond motifs is 3. The Morgan fingerprint density at radius 2 is 2.26 bits per heavy atom. The van der Waals surface area contributed by atoms with Crippen LogP contribution in [0.15, 0.2) is 45.7 Å². The van der Waals surface area contributed by atoms with Crippen LogP contribution in [-0.4, -0.2) is 24.7 Å². The molecule has 0 bridgehead atoms. The molecule has 0 atom stereocenters. The first-order chi connectivity index (χ1) is 13.2. The summed E-state index contributed by atoms with van der Waals surface area (Å²) in [4.78, 5) is 11.9. The number of allylic oxidation sites excluding steroid dienone is 1. The second-order valence-corrected chi connectivity index (χ2v) is 8.44. The van der Waals surface area contributed by atoms with Gasteiger partial charge in [-0.05, 0) is 55.6 Å². The molecule has 0 fully saturated rings. The number of aromatic nitrogens is 5. The summed E-state index contributed by atoms with van der Waals surface area (Å²) >= 11 is 3.35. The molecule has 6 nitrogen and oxygen atoms in total. The lowest BCUT2D eigenvalue weighted by Crippen LogP contribution is -2.01. The molecule has 0 unspecified atom stereocenters. The predicted molar refractivity (Wildman–Crippen MR) is 106 cm³/mol. The molecule has 136 valence electrons. The van der Waals surface area contributed by atoms with Crippen molar-refractivity contribution in [3.05, 3.63) is 47.3 Å². The minimum atomic E-state index is 0.598.